The number of nitrogens with zero attached hydrogens (tertiary/aromatic N) is 4. The summed E-state index contributed by atoms with van der Waals surface area (Å²) in [5, 5.41) is 23.2. The Bertz CT molecular complexity index is 1750. The molecule has 1 unspecified atom stereocenters. The van der Waals surface area contributed by atoms with Gasteiger partial charge in [0.25, 0.3) is 5.91 Å². The summed E-state index contributed by atoms with van der Waals surface area (Å²) in [6, 6.07) is 19.1. The Morgan fingerprint density at radius 3 is 2.31 bits per heavy atom. The number of aliphatic carboxylic acids is 1. The second-order valence-corrected chi connectivity index (χ2v) is 13.8. The highest BCUT2D eigenvalue weighted by atomic mass is 16.5. The van der Waals surface area contributed by atoms with Crippen LogP contribution in [0.25, 0.3) is 11.4 Å². The molecule has 296 valence electrons. The molecular formula is C41H55N7O7. The molecule has 5 rings (SSSR count). The van der Waals surface area contributed by atoms with Crippen molar-refractivity contribution in [2.24, 2.45) is 0 Å². The Balaban J connectivity index is 1.03. The summed E-state index contributed by atoms with van der Waals surface area (Å²) in [6.07, 6.45) is 9.11. The van der Waals surface area contributed by atoms with Crippen LogP contribution in [0.4, 0.5) is 5.69 Å². The minimum absolute atomic E-state index is 0.00198. The van der Waals surface area contributed by atoms with Crippen molar-refractivity contribution in [2.45, 2.75) is 63.5 Å². The number of piperidine rings is 1. The van der Waals surface area contributed by atoms with Crippen LogP contribution in [0.5, 0.6) is 5.75 Å². The lowest BCUT2D eigenvalue weighted by Crippen LogP contribution is -2.46. The molecule has 1 aliphatic heterocycles. The second kappa shape index (κ2) is 21.9. The van der Waals surface area contributed by atoms with Crippen molar-refractivity contribution in [2.75, 3.05) is 71.7 Å². The number of nitrogens with one attached hydrogen (secondary N) is 3. The number of hydrogen-bond donors (Lipinski definition) is 4. The first kappa shape index (κ1) is 41.3. The number of ether oxygens (including phenoxy) is 4. The molecule has 1 aliphatic rings. The third-order valence-corrected chi connectivity index (χ3v) is 9.59. The Hall–Kier alpha value is -4.89. The van der Waals surface area contributed by atoms with Crippen molar-refractivity contribution in [1.82, 2.24) is 30.4 Å². The molecule has 0 aliphatic carbocycles. The van der Waals surface area contributed by atoms with Crippen molar-refractivity contribution < 1.29 is 33.6 Å². The first-order chi connectivity index (χ1) is 26.8. The molecule has 55 heavy (non-hydrogen) atoms. The maximum Gasteiger partial charge on any atom is 0.305 e. The van der Waals surface area contributed by atoms with Gasteiger partial charge in [0, 0.05) is 48.9 Å². The van der Waals surface area contributed by atoms with Crippen molar-refractivity contribution in [1.29, 1.82) is 0 Å². The number of aromatic amines is 1. The maximum absolute atomic E-state index is 13.5. The lowest BCUT2D eigenvalue weighted by atomic mass is 9.86. The Labute approximate surface area is 323 Å². The molecule has 2 aromatic carbocycles. The number of carbonyl (C=O) groups excluding carboxylic acids is 1. The van der Waals surface area contributed by atoms with Gasteiger partial charge in [-0.1, -0.05) is 24.6 Å². The van der Waals surface area contributed by atoms with Crippen LogP contribution in [-0.4, -0.2) is 108 Å². The topological polar surface area (TPSA) is 173 Å². The van der Waals surface area contributed by atoms with Gasteiger partial charge in [-0.3, -0.25) is 19.7 Å². The molecule has 0 spiro atoms. The van der Waals surface area contributed by atoms with E-state index in [9.17, 15) is 9.59 Å². The lowest BCUT2D eigenvalue weighted by molar-refractivity contribution is -0.138. The van der Waals surface area contributed by atoms with Crippen LogP contribution in [-0.2, 0) is 24.5 Å². The van der Waals surface area contributed by atoms with Crippen LogP contribution in [0.1, 0.15) is 79.7 Å². The second-order valence-electron chi connectivity index (χ2n) is 13.8. The van der Waals surface area contributed by atoms with E-state index in [0.29, 0.717) is 51.0 Å². The number of unbranched alkanes of at least 4 members (excludes halogenated alkanes) is 3. The van der Waals surface area contributed by atoms with Gasteiger partial charge in [-0.2, -0.15) is 5.10 Å². The van der Waals surface area contributed by atoms with Gasteiger partial charge in [0.2, 0.25) is 0 Å². The van der Waals surface area contributed by atoms with E-state index in [1.807, 2.05) is 67.6 Å². The van der Waals surface area contributed by atoms with Crippen molar-refractivity contribution in [3.63, 3.8) is 0 Å². The number of carbonyl (C=O) groups is 2. The van der Waals surface area contributed by atoms with Crippen LogP contribution in [0.3, 0.4) is 0 Å². The zero-order valence-electron chi connectivity index (χ0n) is 32.0. The van der Waals surface area contributed by atoms with Gasteiger partial charge >= 0.3 is 5.97 Å². The number of benzene rings is 2. The lowest BCUT2D eigenvalue weighted by Gasteiger charge is -2.40. The maximum atomic E-state index is 13.5. The molecule has 1 saturated heterocycles. The number of amides is 1. The predicted octanol–water partition coefficient (Wildman–Crippen LogP) is 5.85. The largest absolute Gasteiger partial charge is 0.494 e. The van der Waals surface area contributed by atoms with Gasteiger partial charge < -0.3 is 39.6 Å². The summed E-state index contributed by atoms with van der Waals surface area (Å²) >= 11 is 0. The minimum atomic E-state index is -0.868. The summed E-state index contributed by atoms with van der Waals surface area (Å²) in [7, 11) is 2.12. The van der Waals surface area contributed by atoms with E-state index < -0.39 is 11.5 Å². The molecule has 4 aromatic rings. The summed E-state index contributed by atoms with van der Waals surface area (Å²) in [5.74, 6) is 1.16. The molecular weight excluding hydrogens is 702 g/mol. The SMILES string of the molecule is CC(NC(=O)c1cccc(NC2(c3nc(-c4ccncc4)n[nH]3)CCN(C)CC2)c1)c1cccc(OCCCCCCOCCOCCOCCC(=O)O)c1. The van der Waals surface area contributed by atoms with Crippen molar-refractivity contribution in [3.05, 3.63) is 90.0 Å². The first-order valence-corrected chi connectivity index (χ1v) is 19.2. The van der Waals surface area contributed by atoms with E-state index >= 15 is 0 Å². The summed E-state index contributed by atoms with van der Waals surface area (Å²) in [6.45, 7) is 7.08. The number of hydrogen-bond acceptors (Lipinski definition) is 11. The molecule has 4 N–H and O–H groups in total. The zero-order chi connectivity index (χ0) is 38.7. The Kier molecular flexibility index (Phi) is 16.4. The first-order valence-electron chi connectivity index (χ1n) is 19.2. The smallest absolute Gasteiger partial charge is 0.305 e. The number of aromatic nitrogens is 4. The van der Waals surface area contributed by atoms with Crippen LogP contribution >= 0.6 is 0 Å². The minimum Gasteiger partial charge on any atom is -0.494 e. The molecule has 0 radical (unpaired) electrons. The van der Waals surface area contributed by atoms with Gasteiger partial charge in [-0.25, -0.2) is 4.98 Å². The number of carboxylic acids is 1. The van der Waals surface area contributed by atoms with Crippen molar-refractivity contribution in [3.8, 4) is 17.1 Å². The average Bonchev–Trinajstić information content (AvgIpc) is 3.71. The van der Waals surface area contributed by atoms with Gasteiger partial charge in [-0.15, -0.1) is 0 Å². The van der Waals surface area contributed by atoms with E-state index in [2.05, 4.69) is 37.8 Å². The van der Waals surface area contributed by atoms with Crippen LogP contribution < -0.4 is 15.4 Å². The molecule has 3 heterocycles. The average molecular weight is 758 g/mol. The normalized spacial score (nSPS) is 14.7. The molecule has 1 fully saturated rings. The number of pyridine rings is 1. The Morgan fingerprint density at radius 1 is 0.873 bits per heavy atom. The number of likely N-dealkylation sites (tertiary alicyclic amines) is 1. The number of rotatable bonds is 24. The van der Waals surface area contributed by atoms with Gasteiger partial charge in [-0.05, 0) is 94.1 Å². The Morgan fingerprint density at radius 2 is 1.56 bits per heavy atom. The monoisotopic (exact) mass is 757 g/mol. The molecule has 0 bridgehead atoms. The highest BCUT2D eigenvalue weighted by Gasteiger charge is 2.39. The molecule has 14 nitrogen and oxygen atoms in total. The van der Waals surface area contributed by atoms with E-state index in [1.165, 1.54) is 0 Å². The van der Waals surface area contributed by atoms with E-state index in [-0.39, 0.29) is 25.0 Å². The van der Waals surface area contributed by atoms with E-state index in [0.717, 1.165) is 80.0 Å². The third kappa shape index (κ3) is 13.4. The number of H-pyrrole nitrogens is 1. The predicted molar refractivity (Wildman–Crippen MR) is 209 cm³/mol. The van der Waals surface area contributed by atoms with E-state index in [1.54, 1.807) is 12.4 Å². The van der Waals surface area contributed by atoms with Crippen LogP contribution in [0.2, 0.25) is 0 Å². The van der Waals surface area contributed by atoms with Gasteiger partial charge in [0.05, 0.1) is 57.6 Å². The fraction of sp³-hybridized carbons (Fsp3) is 0.488. The number of anilines is 1. The number of carboxylic acid groups (broad SMARTS) is 1. The fourth-order valence-corrected chi connectivity index (χ4v) is 6.33. The van der Waals surface area contributed by atoms with Crippen molar-refractivity contribution >= 4 is 17.6 Å². The molecule has 1 amide bonds. The van der Waals surface area contributed by atoms with Gasteiger partial charge in [0.1, 0.15) is 5.75 Å². The van der Waals surface area contributed by atoms with Crippen LogP contribution in [0.15, 0.2) is 73.1 Å². The third-order valence-electron chi connectivity index (χ3n) is 9.59. The van der Waals surface area contributed by atoms with Crippen LogP contribution in [0, 0.1) is 0 Å². The highest BCUT2D eigenvalue weighted by Crippen LogP contribution is 2.35. The summed E-state index contributed by atoms with van der Waals surface area (Å²) < 4.78 is 22.3. The quantitative estimate of drug-likeness (QED) is 0.0629. The standard InChI is InChI=1S/C41H55N7O7/c1-31(33-9-8-12-36(30-33)55-23-6-4-3-5-22-52-25-27-54-28-26-53-24-15-37(49)50)43-39(51)34-10-7-11-35(29-34)45-41(16-20-48(2)21-17-41)40-44-38(46-47-40)32-13-18-42-19-14-32/h7-14,18-19,29-31,45H,3-6,15-17,20-28H2,1-2H3,(H,43,51)(H,49,50)(H,44,46,47). The molecule has 2 aromatic heterocycles. The summed E-state index contributed by atoms with van der Waals surface area (Å²) in [4.78, 5) is 35.3. The zero-order valence-corrected chi connectivity index (χ0v) is 32.0. The molecule has 14 heteroatoms. The fourth-order valence-electron chi connectivity index (χ4n) is 6.33. The highest BCUT2D eigenvalue weighted by molar-refractivity contribution is 5.95. The summed E-state index contributed by atoms with van der Waals surface area (Å²) in [5.41, 5.74) is 2.81. The molecule has 0 saturated carbocycles. The molecule has 1 atom stereocenters. The van der Waals surface area contributed by atoms with Gasteiger partial charge in [0.15, 0.2) is 11.6 Å². The van der Waals surface area contributed by atoms with E-state index in [4.69, 9.17) is 29.0 Å².